The van der Waals surface area contributed by atoms with Crippen LogP contribution in [0.15, 0.2) is 48.5 Å². The number of rotatable bonds is 8. The number of nitrogens with zero attached hydrogens (tertiary/aromatic N) is 1. The second-order valence-corrected chi connectivity index (χ2v) is 6.82. The third-order valence-corrected chi connectivity index (χ3v) is 4.20. The Bertz CT molecular complexity index is 1080. The van der Waals surface area contributed by atoms with E-state index in [0.717, 1.165) is 5.39 Å². The van der Waals surface area contributed by atoms with Crippen LogP contribution in [-0.2, 0) is 11.3 Å². The van der Waals surface area contributed by atoms with E-state index in [9.17, 15) is 9.59 Å². The van der Waals surface area contributed by atoms with E-state index in [4.69, 9.17) is 19.3 Å². The lowest BCUT2D eigenvalue weighted by molar-refractivity contribution is 0.0527. The smallest absolute Gasteiger partial charge is 0.340 e. The average molecular weight is 409 g/mol. The van der Waals surface area contributed by atoms with Crippen molar-refractivity contribution in [2.45, 2.75) is 33.5 Å². The summed E-state index contributed by atoms with van der Waals surface area (Å²) in [4.78, 5) is 28.1. The minimum absolute atomic E-state index is 0.0399. The number of carbonyl (C=O) groups is 2. The second kappa shape index (κ2) is 9.26. The molecule has 1 heterocycles. The summed E-state index contributed by atoms with van der Waals surface area (Å²) in [7, 11) is 0. The molecule has 3 rings (SSSR count). The average Bonchev–Trinajstić information content (AvgIpc) is 2.71. The largest absolute Gasteiger partial charge is 0.489 e. The molecule has 7 nitrogen and oxygen atoms in total. The standard InChI is InChI=1S/C23H23NO6/c1-4-28-23(27)18-10-6-7-15-12-20(30-14(2)3)19(24-21(15)18)13-29-17-9-5-8-16(11-17)22(25)26/h5-12,14H,4,13H2,1-3H3,(H,25,26). The highest BCUT2D eigenvalue weighted by atomic mass is 16.5. The summed E-state index contributed by atoms with van der Waals surface area (Å²) in [5.74, 6) is -0.555. The summed E-state index contributed by atoms with van der Waals surface area (Å²) in [6.07, 6.45) is -0.0911. The van der Waals surface area contributed by atoms with E-state index in [2.05, 4.69) is 4.98 Å². The van der Waals surface area contributed by atoms with Gasteiger partial charge in [-0.2, -0.15) is 0 Å². The van der Waals surface area contributed by atoms with Crippen LogP contribution in [0.25, 0.3) is 10.9 Å². The van der Waals surface area contributed by atoms with E-state index in [-0.39, 0.29) is 24.9 Å². The number of aromatic carboxylic acids is 1. The van der Waals surface area contributed by atoms with Gasteiger partial charge in [0.1, 0.15) is 23.8 Å². The molecule has 0 radical (unpaired) electrons. The number of hydrogen-bond acceptors (Lipinski definition) is 6. The minimum atomic E-state index is -1.04. The molecule has 0 unspecified atom stereocenters. The van der Waals surface area contributed by atoms with Gasteiger partial charge >= 0.3 is 11.9 Å². The van der Waals surface area contributed by atoms with Gasteiger partial charge in [-0.1, -0.05) is 18.2 Å². The Morgan fingerprint density at radius 1 is 1.10 bits per heavy atom. The van der Waals surface area contributed by atoms with Crippen molar-refractivity contribution in [3.05, 3.63) is 65.4 Å². The number of aromatic nitrogens is 1. The zero-order valence-corrected chi connectivity index (χ0v) is 17.0. The summed E-state index contributed by atoms with van der Waals surface area (Å²) >= 11 is 0. The molecule has 0 atom stereocenters. The van der Waals surface area contributed by atoms with E-state index in [1.165, 1.54) is 12.1 Å². The molecule has 3 aromatic rings. The van der Waals surface area contributed by atoms with Crippen molar-refractivity contribution in [3.8, 4) is 11.5 Å². The zero-order valence-electron chi connectivity index (χ0n) is 17.0. The van der Waals surface area contributed by atoms with Gasteiger partial charge < -0.3 is 19.3 Å². The highest BCUT2D eigenvalue weighted by molar-refractivity contribution is 6.03. The number of hydrogen-bond donors (Lipinski definition) is 1. The van der Waals surface area contributed by atoms with Crippen LogP contribution in [0.5, 0.6) is 11.5 Å². The fourth-order valence-electron chi connectivity index (χ4n) is 2.92. The fraction of sp³-hybridized carbons (Fsp3) is 0.261. The van der Waals surface area contributed by atoms with Crippen molar-refractivity contribution in [1.82, 2.24) is 4.98 Å². The van der Waals surface area contributed by atoms with Gasteiger partial charge in [-0.3, -0.25) is 0 Å². The maximum atomic E-state index is 12.3. The molecule has 7 heteroatoms. The minimum Gasteiger partial charge on any atom is -0.489 e. The highest BCUT2D eigenvalue weighted by Gasteiger charge is 2.17. The van der Waals surface area contributed by atoms with Gasteiger partial charge in [-0.15, -0.1) is 0 Å². The Kier molecular flexibility index (Phi) is 6.51. The first-order chi connectivity index (χ1) is 14.4. The molecule has 0 aliphatic carbocycles. The predicted octanol–water partition coefficient (Wildman–Crippen LogP) is 4.48. The van der Waals surface area contributed by atoms with Gasteiger partial charge in [0.25, 0.3) is 0 Å². The summed E-state index contributed by atoms with van der Waals surface area (Å²) < 4.78 is 16.8. The first-order valence-electron chi connectivity index (χ1n) is 9.61. The van der Waals surface area contributed by atoms with Crippen molar-refractivity contribution in [1.29, 1.82) is 0 Å². The van der Waals surface area contributed by atoms with E-state index in [0.29, 0.717) is 28.3 Å². The van der Waals surface area contributed by atoms with Gasteiger partial charge in [0, 0.05) is 5.39 Å². The SMILES string of the molecule is CCOC(=O)c1cccc2cc(OC(C)C)c(COc3cccc(C(=O)O)c3)nc12. The Balaban J connectivity index is 1.99. The number of carboxylic acid groups (broad SMARTS) is 1. The number of ether oxygens (including phenoxy) is 3. The number of fused-ring (bicyclic) bond motifs is 1. The Morgan fingerprint density at radius 2 is 1.87 bits per heavy atom. The van der Waals surface area contributed by atoms with Crippen LogP contribution < -0.4 is 9.47 Å². The lowest BCUT2D eigenvalue weighted by Gasteiger charge is -2.16. The molecule has 0 saturated carbocycles. The zero-order chi connectivity index (χ0) is 21.7. The Hall–Kier alpha value is -3.61. The lowest BCUT2D eigenvalue weighted by atomic mass is 10.1. The number of benzene rings is 2. The second-order valence-electron chi connectivity index (χ2n) is 6.82. The summed E-state index contributed by atoms with van der Waals surface area (Å²) in [6, 6.07) is 13.3. The molecule has 0 fully saturated rings. The normalized spacial score (nSPS) is 10.8. The van der Waals surface area contributed by atoms with E-state index >= 15 is 0 Å². The molecule has 156 valence electrons. The molecular weight excluding hydrogens is 386 g/mol. The third kappa shape index (κ3) is 4.86. The van der Waals surface area contributed by atoms with Gasteiger partial charge in [0.15, 0.2) is 0 Å². The summed E-state index contributed by atoms with van der Waals surface area (Å²) in [5.41, 5.74) is 1.47. The Morgan fingerprint density at radius 3 is 2.57 bits per heavy atom. The molecule has 0 aliphatic heterocycles. The topological polar surface area (TPSA) is 95.0 Å². The predicted molar refractivity (Wildman–Crippen MR) is 111 cm³/mol. The maximum Gasteiger partial charge on any atom is 0.340 e. The van der Waals surface area contributed by atoms with E-state index in [1.807, 2.05) is 26.0 Å². The van der Waals surface area contributed by atoms with Crippen LogP contribution in [0.4, 0.5) is 0 Å². The van der Waals surface area contributed by atoms with Gasteiger partial charge in [0.05, 0.1) is 29.4 Å². The summed E-state index contributed by atoms with van der Waals surface area (Å²) in [5, 5.41) is 9.89. The molecule has 0 bridgehead atoms. The van der Waals surface area contributed by atoms with Crippen molar-refractivity contribution >= 4 is 22.8 Å². The quantitative estimate of drug-likeness (QED) is 0.548. The molecule has 1 aromatic heterocycles. The molecule has 0 spiro atoms. The first kappa shape index (κ1) is 21.1. The molecule has 0 aliphatic rings. The molecule has 0 saturated heterocycles. The van der Waals surface area contributed by atoms with Crippen molar-refractivity contribution in [2.24, 2.45) is 0 Å². The van der Waals surface area contributed by atoms with E-state index in [1.54, 1.807) is 31.2 Å². The number of para-hydroxylation sites is 1. The number of carbonyl (C=O) groups excluding carboxylic acids is 1. The number of carboxylic acids is 1. The van der Waals surface area contributed by atoms with Crippen LogP contribution in [-0.4, -0.2) is 34.7 Å². The monoisotopic (exact) mass is 409 g/mol. The molecule has 1 N–H and O–H groups in total. The lowest BCUT2D eigenvalue weighted by Crippen LogP contribution is -2.12. The fourth-order valence-corrected chi connectivity index (χ4v) is 2.92. The van der Waals surface area contributed by atoms with Crippen LogP contribution in [0.1, 0.15) is 47.2 Å². The van der Waals surface area contributed by atoms with Crippen LogP contribution in [0.3, 0.4) is 0 Å². The van der Waals surface area contributed by atoms with Crippen molar-refractivity contribution in [3.63, 3.8) is 0 Å². The summed E-state index contributed by atoms with van der Waals surface area (Å²) in [6.45, 7) is 5.85. The third-order valence-electron chi connectivity index (χ3n) is 4.20. The van der Waals surface area contributed by atoms with Gasteiger partial charge in [-0.25, -0.2) is 14.6 Å². The van der Waals surface area contributed by atoms with Gasteiger partial charge in [-0.05, 0) is 51.1 Å². The highest BCUT2D eigenvalue weighted by Crippen LogP contribution is 2.28. The Labute approximate surface area is 174 Å². The number of esters is 1. The molecule has 30 heavy (non-hydrogen) atoms. The molecule has 2 aromatic carbocycles. The maximum absolute atomic E-state index is 12.3. The van der Waals surface area contributed by atoms with Crippen LogP contribution >= 0.6 is 0 Å². The number of pyridine rings is 1. The molecule has 0 amide bonds. The van der Waals surface area contributed by atoms with Crippen LogP contribution in [0, 0.1) is 0 Å². The van der Waals surface area contributed by atoms with Crippen molar-refractivity contribution in [2.75, 3.05) is 6.61 Å². The first-order valence-corrected chi connectivity index (χ1v) is 9.61. The molecular formula is C23H23NO6. The van der Waals surface area contributed by atoms with Crippen LogP contribution in [0.2, 0.25) is 0 Å². The van der Waals surface area contributed by atoms with Gasteiger partial charge in [0.2, 0.25) is 0 Å². The van der Waals surface area contributed by atoms with E-state index < -0.39 is 11.9 Å². The van der Waals surface area contributed by atoms with Crippen molar-refractivity contribution < 1.29 is 28.9 Å².